The lowest BCUT2D eigenvalue weighted by Gasteiger charge is -2.34. The minimum Gasteiger partial charge on any atom is -0.481 e. The van der Waals surface area contributed by atoms with Gasteiger partial charge in [0.1, 0.15) is 0 Å². The van der Waals surface area contributed by atoms with Gasteiger partial charge in [-0.3, -0.25) is 4.79 Å². The van der Waals surface area contributed by atoms with Crippen molar-refractivity contribution in [2.75, 3.05) is 13.1 Å². The molecule has 1 fully saturated rings. The molecule has 1 aliphatic heterocycles. The predicted octanol–water partition coefficient (Wildman–Crippen LogP) is 1.58. The van der Waals surface area contributed by atoms with Gasteiger partial charge in [0.25, 0.3) is 0 Å². The highest BCUT2D eigenvalue weighted by Gasteiger charge is 2.21. The summed E-state index contributed by atoms with van der Waals surface area (Å²) in [7, 11) is 0. The standard InChI is InChI=1S/C10H19NO2/c1-8-3-5-11(6-4-8)9(2)7-10(12)13/h8-9H,3-7H2,1-2H3,(H,12,13)/t9-/m0/s1. The second kappa shape index (κ2) is 4.61. The summed E-state index contributed by atoms with van der Waals surface area (Å²) in [5.74, 6) is 0.124. The van der Waals surface area contributed by atoms with Gasteiger partial charge >= 0.3 is 5.97 Å². The minimum absolute atomic E-state index is 0.199. The number of nitrogens with zero attached hydrogens (tertiary/aromatic N) is 1. The fourth-order valence-electron chi connectivity index (χ4n) is 1.85. The number of carboxylic acid groups (broad SMARTS) is 1. The third-order valence-electron chi connectivity index (χ3n) is 2.91. The number of likely N-dealkylation sites (tertiary alicyclic amines) is 1. The molecule has 1 heterocycles. The van der Waals surface area contributed by atoms with Crippen LogP contribution in [-0.4, -0.2) is 35.1 Å². The van der Waals surface area contributed by atoms with Crippen molar-refractivity contribution in [2.24, 2.45) is 5.92 Å². The maximum absolute atomic E-state index is 10.5. The van der Waals surface area contributed by atoms with E-state index in [4.69, 9.17) is 5.11 Å². The second-order valence-electron chi connectivity index (χ2n) is 4.17. The van der Waals surface area contributed by atoms with Crippen LogP contribution in [0.2, 0.25) is 0 Å². The summed E-state index contributed by atoms with van der Waals surface area (Å²) in [5, 5.41) is 8.64. The van der Waals surface area contributed by atoms with E-state index in [1.165, 1.54) is 12.8 Å². The molecule has 1 N–H and O–H groups in total. The second-order valence-corrected chi connectivity index (χ2v) is 4.17. The Labute approximate surface area is 79.7 Å². The van der Waals surface area contributed by atoms with Gasteiger partial charge in [0, 0.05) is 6.04 Å². The van der Waals surface area contributed by atoms with Gasteiger partial charge in [-0.15, -0.1) is 0 Å². The van der Waals surface area contributed by atoms with Crippen molar-refractivity contribution < 1.29 is 9.90 Å². The van der Waals surface area contributed by atoms with Gasteiger partial charge in [0.15, 0.2) is 0 Å². The monoisotopic (exact) mass is 185 g/mol. The first-order valence-corrected chi connectivity index (χ1v) is 5.05. The summed E-state index contributed by atoms with van der Waals surface area (Å²) in [6, 6.07) is 0.199. The third-order valence-corrected chi connectivity index (χ3v) is 2.91. The van der Waals surface area contributed by atoms with Crippen LogP contribution in [0.5, 0.6) is 0 Å². The number of carbonyl (C=O) groups is 1. The average Bonchev–Trinajstić information content (AvgIpc) is 2.04. The number of hydrogen-bond acceptors (Lipinski definition) is 2. The molecule has 0 bridgehead atoms. The van der Waals surface area contributed by atoms with E-state index in [9.17, 15) is 4.79 Å². The summed E-state index contributed by atoms with van der Waals surface area (Å²) in [4.78, 5) is 12.8. The van der Waals surface area contributed by atoms with Gasteiger partial charge in [-0.25, -0.2) is 0 Å². The Kier molecular flexibility index (Phi) is 3.72. The van der Waals surface area contributed by atoms with Crippen molar-refractivity contribution in [1.82, 2.24) is 4.90 Å². The van der Waals surface area contributed by atoms with Gasteiger partial charge in [-0.05, 0) is 38.8 Å². The van der Waals surface area contributed by atoms with E-state index in [-0.39, 0.29) is 12.5 Å². The Morgan fingerprint density at radius 2 is 2.08 bits per heavy atom. The van der Waals surface area contributed by atoms with Gasteiger partial charge in [0.05, 0.1) is 6.42 Å². The molecule has 0 saturated carbocycles. The topological polar surface area (TPSA) is 40.5 Å². The summed E-state index contributed by atoms with van der Waals surface area (Å²) in [6.45, 7) is 6.40. The van der Waals surface area contributed by atoms with Crippen molar-refractivity contribution in [3.63, 3.8) is 0 Å². The molecule has 0 aromatic carbocycles. The van der Waals surface area contributed by atoms with Gasteiger partial charge < -0.3 is 10.0 Å². The molecule has 1 saturated heterocycles. The summed E-state index contributed by atoms with van der Waals surface area (Å²) < 4.78 is 0. The molecule has 3 heteroatoms. The molecule has 0 aliphatic carbocycles. The van der Waals surface area contributed by atoms with E-state index in [1.54, 1.807) is 0 Å². The van der Waals surface area contributed by atoms with Crippen LogP contribution < -0.4 is 0 Å². The molecule has 76 valence electrons. The molecule has 13 heavy (non-hydrogen) atoms. The maximum atomic E-state index is 10.5. The van der Waals surface area contributed by atoms with Crippen LogP contribution in [0.1, 0.15) is 33.1 Å². The smallest absolute Gasteiger partial charge is 0.304 e. The van der Waals surface area contributed by atoms with Crippen molar-refractivity contribution in [2.45, 2.75) is 39.2 Å². The third kappa shape index (κ3) is 3.35. The van der Waals surface area contributed by atoms with Crippen LogP contribution in [-0.2, 0) is 4.79 Å². The first-order valence-electron chi connectivity index (χ1n) is 5.05. The Balaban J connectivity index is 2.31. The zero-order valence-corrected chi connectivity index (χ0v) is 8.49. The Morgan fingerprint density at radius 1 is 1.54 bits per heavy atom. The van der Waals surface area contributed by atoms with Crippen molar-refractivity contribution in [3.8, 4) is 0 Å². The van der Waals surface area contributed by atoms with Crippen LogP contribution >= 0.6 is 0 Å². The molecule has 1 rings (SSSR count). The number of aliphatic carboxylic acids is 1. The molecular formula is C10H19NO2. The van der Waals surface area contributed by atoms with Crippen LogP contribution in [0.3, 0.4) is 0 Å². The molecule has 1 atom stereocenters. The average molecular weight is 185 g/mol. The summed E-state index contributed by atoms with van der Waals surface area (Å²) in [5.41, 5.74) is 0. The Bertz CT molecular complexity index is 174. The molecule has 0 radical (unpaired) electrons. The van der Waals surface area contributed by atoms with E-state index in [0.29, 0.717) is 0 Å². The molecule has 0 amide bonds. The molecule has 1 aliphatic rings. The zero-order chi connectivity index (χ0) is 9.84. The largest absolute Gasteiger partial charge is 0.481 e. The molecule has 0 aromatic rings. The van der Waals surface area contributed by atoms with E-state index in [2.05, 4.69) is 11.8 Å². The first-order chi connectivity index (χ1) is 6.09. The quantitative estimate of drug-likeness (QED) is 0.725. The van der Waals surface area contributed by atoms with Gasteiger partial charge in [-0.1, -0.05) is 6.92 Å². The van der Waals surface area contributed by atoms with E-state index >= 15 is 0 Å². The number of piperidine rings is 1. The highest BCUT2D eigenvalue weighted by molar-refractivity contribution is 5.67. The molecule has 0 spiro atoms. The number of carboxylic acids is 1. The van der Waals surface area contributed by atoms with E-state index < -0.39 is 5.97 Å². The van der Waals surface area contributed by atoms with Crippen molar-refractivity contribution in [3.05, 3.63) is 0 Å². The maximum Gasteiger partial charge on any atom is 0.304 e. The number of rotatable bonds is 3. The predicted molar refractivity (Wildman–Crippen MR) is 51.7 cm³/mol. The zero-order valence-electron chi connectivity index (χ0n) is 8.49. The fourth-order valence-corrected chi connectivity index (χ4v) is 1.85. The lowest BCUT2D eigenvalue weighted by Crippen LogP contribution is -2.40. The lowest BCUT2D eigenvalue weighted by atomic mass is 9.97. The van der Waals surface area contributed by atoms with Crippen molar-refractivity contribution in [1.29, 1.82) is 0 Å². The highest BCUT2D eigenvalue weighted by Crippen LogP contribution is 2.18. The van der Waals surface area contributed by atoms with Gasteiger partial charge in [-0.2, -0.15) is 0 Å². The normalized spacial score (nSPS) is 22.9. The Morgan fingerprint density at radius 3 is 2.54 bits per heavy atom. The van der Waals surface area contributed by atoms with E-state index in [1.807, 2.05) is 6.92 Å². The summed E-state index contributed by atoms with van der Waals surface area (Å²) in [6.07, 6.45) is 2.70. The van der Waals surface area contributed by atoms with Crippen molar-refractivity contribution >= 4 is 5.97 Å². The van der Waals surface area contributed by atoms with E-state index in [0.717, 1.165) is 19.0 Å². The van der Waals surface area contributed by atoms with Crippen LogP contribution in [0.4, 0.5) is 0 Å². The fraction of sp³-hybridized carbons (Fsp3) is 0.900. The highest BCUT2D eigenvalue weighted by atomic mass is 16.4. The van der Waals surface area contributed by atoms with Crippen LogP contribution in [0.25, 0.3) is 0 Å². The molecule has 0 unspecified atom stereocenters. The molecule has 0 aromatic heterocycles. The molecular weight excluding hydrogens is 166 g/mol. The number of hydrogen-bond donors (Lipinski definition) is 1. The Hall–Kier alpha value is -0.570. The molecule has 3 nitrogen and oxygen atoms in total. The lowest BCUT2D eigenvalue weighted by molar-refractivity contribution is -0.138. The SMILES string of the molecule is CC1CCN([C@@H](C)CC(=O)O)CC1. The summed E-state index contributed by atoms with van der Waals surface area (Å²) >= 11 is 0. The first kappa shape index (κ1) is 10.5. The van der Waals surface area contributed by atoms with Crippen LogP contribution in [0, 0.1) is 5.92 Å². The minimum atomic E-state index is -0.689. The van der Waals surface area contributed by atoms with Crippen LogP contribution in [0.15, 0.2) is 0 Å². The van der Waals surface area contributed by atoms with Gasteiger partial charge in [0.2, 0.25) is 0 Å².